The van der Waals surface area contributed by atoms with Crippen molar-refractivity contribution in [3.63, 3.8) is 0 Å². The number of amides is 1. The van der Waals surface area contributed by atoms with Gasteiger partial charge in [0.1, 0.15) is 11.5 Å². The van der Waals surface area contributed by atoms with Crippen LogP contribution in [0, 0.1) is 0 Å². The number of aromatic amines is 1. The van der Waals surface area contributed by atoms with Gasteiger partial charge in [-0.25, -0.2) is 4.98 Å². The molecule has 1 amide bonds. The van der Waals surface area contributed by atoms with Crippen molar-refractivity contribution >= 4 is 16.8 Å². The van der Waals surface area contributed by atoms with Crippen LogP contribution in [-0.4, -0.2) is 37.1 Å². The SMILES string of the molecule is Cn1c(C2CCCN2C(=O)c2cc(C(C)(C)C)[nH]n2)nc2ccccc2c1=O. The van der Waals surface area contributed by atoms with Crippen LogP contribution in [0.25, 0.3) is 10.9 Å². The maximum atomic E-state index is 13.2. The Kier molecular flexibility index (Phi) is 4.33. The quantitative estimate of drug-likeness (QED) is 0.742. The number of carbonyl (C=O) groups excluding carboxylic acids is 1. The van der Waals surface area contributed by atoms with E-state index >= 15 is 0 Å². The fourth-order valence-electron chi connectivity index (χ4n) is 3.77. The molecule has 3 heterocycles. The standard InChI is InChI=1S/C21H25N5O2/c1-21(2,3)17-12-15(23-24-17)20(28)26-11-7-10-16(26)18-22-14-9-6-5-8-13(14)19(27)25(18)4/h5-6,8-9,12,16H,7,10-11H2,1-4H3,(H,23,24). The molecule has 7 heteroatoms. The Bertz CT molecular complexity index is 1110. The van der Waals surface area contributed by atoms with E-state index in [0.717, 1.165) is 18.5 Å². The number of aromatic nitrogens is 4. The molecule has 0 radical (unpaired) electrons. The van der Waals surface area contributed by atoms with Gasteiger partial charge in [-0.1, -0.05) is 32.9 Å². The molecular weight excluding hydrogens is 354 g/mol. The molecule has 3 aromatic rings. The second-order valence-electron chi connectivity index (χ2n) is 8.42. The Morgan fingerprint density at radius 1 is 1.25 bits per heavy atom. The predicted octanol–water partition coefficient (Wildman–Crippen LogP) is 2.93. The van der Waals surface area contributed by atoms with Crippen molar-refractivity contribution in [3.05, 3.63) is 57.9 Å². The Hall–Kier alpha value is -2.96. The zero-order chi connectivity index (χ0) is 20.1. The van der Waals surface area contributed by atoms with Gasteiger partial charge in [0.2, 0.25) is 0 Å². The molecule has 0 saturated carbocycles. The highest BCUT2D eigenvalue weighted by Gasteiger charge is 2.35. The number of hydrogen-bond donors (Lipinski definition) is 1. The van der Waals surface area contributed by atoms with Crippen LogP contribution < -0.4 is 5.56 Å². The number of para-hydroxylation sites is 1. The fraction of sp³-hybridized carbons (Fsp3) is 0.429. The van der Waals surface area contributed by atoms with Crippen molar-refractivity contribution in [2.24, 2.45) is 7.05 Å². The number of H-pyrrole nitrogens is 1. The van der Waals surface area contributed by atoms with Gasteiger partial charge in [0, 0.05) is 24.7 Å². The maximum Gasteiger partial charge on any atom is 0.274 e. The number of nitrogens with one attached hydrogen (secondary N) is 1. The molecule has 1 atom stereocenters. The average molecular weight is 379 g/mol. The summed E-state index contributed by atoms with van der Waals surface area (Å²) in [6, 6.07) is 8.91. The summed E-state index contributed by atoms with van der Waals surface area (Å²) < 4.78 is 1.57. The van der Waals surface area contributed by atoms with Crippen molar-refractivity contribution in [1.82, 2.24) is 24.6 Å². The van der Waals surface area contributed by atoms with Crippen LogP contribution in [0.2, 0.25) is 0 Å². The summed E-state index contributed by atoms with van der Waals surface area (Å²) in [6.07, 6.45) is 1.65. The van der Waals surface area contributed by atoms with Crippen molar-refractivity contribution in [2.75, 3.05) is 6.54 Å². The van der Waals surface area contributed by atoms with Gasteiger partial charge in [-0.3, -0.25) is 19.3 Å². The molecular formula is C21H25N5O2. The summed E-state index contributed by atoms with van der Waals surface area (Å²) in [7, 11) is 1.73. The molecule has 1 aromatic carbocycles. The topological polar surface area (TPSA) is 83.9 Å². The molecule has 4 rings (SSSR count). The van der Waals surface area contributed by atoms with Crippen LogP contribution >= 0.6 is 0 Å². The molecule has 1 aliphatic rings. The lowest BCUT2D eigenvalue weighted by Gasteiger charge is -2.25. The summed E-state index contributed by atoms with van der Waals surface area (Å²) in [5, 5.41) is 7.81. The lowest BCUT2D eigenvalue weighted by Crippen LogP contribution is -2.35. The van der Waals surface area contributed by atoms with Crippen LogP contribution in [0.3, 0.4) is 0 Å². The van der Waals surface area contributed by atoms with Gasteiger partial charge in [-0.15, -0.1) is 0 Å². The van der Waals surface area contributed by atoms with E-state index in [4.69, 9.17) is 4.98 Å². The van der Waals surface area contributed by atoms with E-state index in [1.807, 2.05) is 24.3 Å². The zero-order valence-corrected chi connectivity index (χ0v) is 16.7. The molecule has 1 N–H and O–H groups in total. The second kappa shape index (κ2) is 6.58. The highest BCUT2D eigenvalue weighted by atomic mass is 16.2. The lowest BCUT2D eigenvalue weighted by molar-refractivity contribution is 0.0721. The number of fused-ring (bicyclic) bond motifs is 1. The summed E-state index contributed by atoms with van der Waals surface area (Å²) in [4.78, 5) is 32.4. The van der Waals surface area contributed by atoms with Gasteiger partial charge in [0.05, 0.1) is 16.9 Å². The van der Waals surface area contributed by atoms with Crippen LogP contribution in [0.1, 0.15) is 61.7 Å². The fourth-order valence-corrected chi connectivity index (χ4v) is 3.77. The number of hydrogen-bond acceptors (Lipinski definition) is 4. The largest absolute Gasteiger partial charge is 0.327 e. The molecule has 0 bridgehead atoms. The molecule has 1 unspecified atom stereocenters. The van der Waals surface area contributed by atoms with E-state index in [0.29, 0.717) is 29.0 Å². The first-order valence-electron chi connectivity index (χ1n) is 9.60. The van der Waals surface area contributed by atoms with Crippen LogP contribution in [0.4, 0.5) is 0 Å². The summed E-state index contributed by atoms with van der Waals surface area (Å²) in [6.45, 7) is 6.84. The number of likely N-dealkylation sites (tertiary alicyclic amines) is 1. The van der Waals surface area contributed by atoms with E-state index in [-0.39, 0.29) is 22.9 Å². The Morgan fingerprint density at radius 2 is 2.00 bits per heavy atom. The van der Waals surface area contributed by atoms with Gasteiger partial charge in [-0.2, -0.15) is 5.10 Å². The first-order valence-corrected chi connectivity index (χ1v) is 9.60. The monoisotopic (exact) mass is 379 g/mol. The second-order valence-corrected chi connectivity index (χ2v) is 8.42. The molecule has 1 saturated heterocycles. The van der Waals surface area contributed by atoms with E-state index in [1.54, 1.807) is 22.6 Å². The first kappa shape index (κ1) is 18.4. The smallest absolute Gasteiger partial charge is 0.274 e. The molecule has 1 fully saturated rings. The lowest BCUT2D eigenvalue weighted by atomic mass is 9.92. The Balaban J connectivity index is 1.72. The summed E-state index contributed by atoms with van der Waals surface area (Å²) in [5.74, 6) is 0.498. The highest BCUT2D eigenvalue weighted by molar-refractivity contribution is 5.93. The molecule has 28 heavy (non-hydrogen) atoms. The summed E-state index contributed by atoms with van der Waals surface area (Å²) >= 11 is 0. The first-order chi connectivity index (χ1) is 13.3. The van der Waals surface area contributed by atoms with Crippen LogP contribution in [0.15, 0.2) is 35.1 Å². The van der Waals surface area contributed by atoms with Crippen LogP contribution in [0.5, 0.6) is 0 Å². The van der Waals surface area contributed by atoms with Gasteiger partial charge >= 0.3 is 0 Å². The van der Waals surface area contributed by atoms with Crippen LogP contribution in [-0.2, 0) is 12.5 Å². The van der Waals surface area contributed by atoms with E-state index in [2.05, 4.69) is 31.0 Å². The minimum atomic E-state index is -0.232. The molecule has 0 spiro atoms. The molecule has 0 aliphatic carbocycles. The zero-order valence-electron chi connectivity index (χ0n) is 16.7. The molecule has 2 aromatic heterocycles. The van der Waals surface area contributed by atoms with Gasteiger partial charge in [-0.05, 0) is 31.0 Å². The predicted molar refractivity (Wildman–Crippen MR) is 107 cm³/mol. The minimum absolute atomic E-state index is 0.0883. The highest BCUT2D eigenvalue weighted by Crippen LogP contribution is 2.32. The summed E-state index contributed by atoms with van der Waals surface area (Å²) in [5.41, 5.74) is 1.79. The molecule has 146 valence electrons. The molecule has 7 nitrogen and oxygen atoms in total. The third-order valence-electron chi connectivity index (χ3n) is 5.43. The van der Waals surface area contributed by atoms with Crippen molar-refractivity contribution < 1.29 is 4.79 Å². The Morgan fingerprint density at radius 3 is 2.71 bits per heavy atom. The third-order valence-corrected chi connectivity index (χ3v) is 5.43. The maximum absolute atomic E-state index is 13.2. The number of carbonyl (C=O) groups is 1. The minimum Gasteiger partial charge on any atom is -0.327 e. The number of benzene rings is 1. The van der Waals surface area contributed by atoms with Crippen molar-refractivity contribution in [1.29, 1.82) is 0 Å². The Labute approximate surface area is 163 Å². The normalized spacial score (nSPS) is 17.4. The van der Waals surface area contributed by atoms with E-state index in [1.165, 1.54) is 0 Å². The number of rotatable bonds is 2. The van der Waals surface area contributed by atoms with Gasteiger partial charge < -0.3 is 4.90 Å². The van der Waals surface area contributed by atoms with Gasteiger partial charge in [0.25, 0.3) is 11.5 Å². The van der Waals surface area contributed by atoms with E-state index < -0.39 is 0 Å². The van der Waals surface area contributed by atoms with E-state index in [9.17, 15) is 9.59 Å². The van der Waals surface area contributed by atoms with Crippen molar-refractivity contribution in [2.45, 2.75) is 45.1 Å². The average Bonchev–Trinajstić information content (AvgIpc) is 3.33. The van der Waals surface area contributed by atoms with Gasteiger partial charge in [0.15, 0.2) is 0 Å². The van der Waals surface area contributed by atoms with Crippen molar-refractivity contribution in [3.8, 4) is 0 Å². The molecule has 1 aliphatic heterocycles. The number of nitrogens with zero attached hydrogens (tertiary/aromatic N) is 4. The third kappa shape index (κ3) is 3.00.